The number of sulfonamides is 1. The molecule has 0 radical (unpaired) electrons. The summed E-state index contributed by atoms with van der Waals surface area (Å²) in [5, 5.41) is 7.76. The van der Waals surface area contributed by atoms with Crippen molar-refractivity contribution in [1.82, 2.24) is 4.90 Å². The Bertz CT molecular complexity index is 726. The molecule has 0 saturated carbocycles. The zero-order valence-corrected chi connectivity index (χ0v) is 13.2. The Balaban J connectivity index is 1.82. The molecule has 2 aliphatic heterocycles. The second-order valence-electron chi connectivity index (χ2n) is 6.30. The van der Waals surface area contributed by atoms with Crippen molar-refractivity contribution in [3.8, 4) is 0 Å². The van der Waals surface area contributed by atoms with Gasteiger partial charge in [0, 0.05) is 18.5 Å². The molecule has 9 heteroatoms. The van der Waals surface area contributed by atoms with Crippen LogP contribution in [0.2, 0.25) is 0 Å². The molecule has 1 aromatic carbocycles. The van der Waals surface area contributed by atoms with Crippen molar-refractivity contribution in [1.29, 1.82) is 0 Å². The minimum atomic E-state index is -4.18. The molecule has 0 spiro atoms. The lowest BCUT2D eigenvalue weighted by atomic mass is 9.93. The zero-order valence-electron chi connectivity index (χ0n) is 12.4. The van der Waals surface area contributed by atoms with Crippen molar-refractivity contribution in [2.75, 3.05) is 25.0 Å². The Kier molecular flexibility index (Phi) is 3.85. The third-order valence-corrected chi connectivity index (χ3v) is 5.56. The lowest BCUT2D eigenvalue weighted by molar-refractivity contribution is 0.00977. The van der Waals surface area contributed by atoms with Crippen molar-refractivity contribution < 1.29 is 21.6 Å². The summed E-state index contributed by atoms with van der Waals surface area (Å²) in [4.78, 5) is 1.13. The number of alkyl halides is 2. The molecule has 0 aliphatic carbocycles. The van der Waals surface area contributed by atoms with Crippen molar-refractivity contribution in [2.24, 2.45) is 5.14 Å². The van der Waals surface area contributed by atoms with Crippen LogP contribution in [-0.4, -0.2) is 44.4 Å². The molecule has 3 rings (SSSR count). The minimum absolute atomic E-state index is 0.0482. The number of rotatable bonds is 4. The fraction of sp³-hybridized carbons (Fsp3) is 0.571. The summed E-state index contributed by atoms with van der Waals surface area (Å²) < 4.78 is 64.3. The van der Waals surface area contributed by atoms with Crippen LogP contribution in [0.25, 0.3) is 0 Å². The van der Waals surface area contributed by atoms with E-state index in [1.807, 2.05) is 0 Å². The van der Waals surface area contributed by atoms with Gasteiger partial charge >= 0.3 is 0 Å². The number of nitrogens with one attached hydrogen (secondary N) is 1. The van der Waals surface area contributed by atoms with Crippen LogP contribution in [0.1, 0.15) is 19.3 Å². The summed E-state index contributed by atoms with van der Waals surface area (Å²) in [6.07, 6.45) is 1.15. The average molecular weight is 349 g/mol. The largest absolute Gasteiger partial charge is 0.381 e. The van der Waals surface area contributed by atoms with Crippen molar-refractivity contribution in [3.05, 3.63) is 24.0 Å². The van der Waals surface area contributed by atoms with Gasteiger partial charge in [-0.25, -0.2) is 26.7 Å². The van der Waals surface area contributed by atoms with Gasteiger partial charge in [-0.15, -0.1) is 0 Å². The van der Waals surface area contributed by atoms with E-state index in [0.29, 0.717) is 13.0 Å². The summed E-state index contributed by atoms with van der Waals surface area (Å²) in [5.74, 6) is -3.73. The molecule has 5 nitrogen and oxygen atoms in total. The van der Waals surface area contributed by atoms with Gasteiger partial charge in [0.1, 0.15) is 4.90 Å². The molecular formula is C14H18F3N3O2S. The van der Waals surface area contributed by atoms with Gasteiger partial charge in [0.25, 0.3) is 5.92 Å². The fourth-order valence-electron chi connectivity index (χ4n) is 3.65. The maximum atomic E-state index is 14.3. The maximum Gasteiger partial charge on any atom is 0.262 e. The lowest BCUT2D eigenvalue weighted by Gasteiger charge is -2.31. The zero-order chi connectivity index (χ0) is 16.9. The average Bonchev–Trinajstić information content (AvgIpc) is 2.88. The Morgan fingerprint density at radius 2 is 2.09 bits per heavy atom. The van der Waals surface area contributed by atoms with E-state index in [-0.39, 0.29) is 25.2 Å². The smallest absolute Gasteiger partial charge is 0.262 e. The molecule has 128 valence electrons. The molecule has 2 fully saturated rings. The Labute approximate surface area is 132 Å². The van der Waals surface area contributed by atoms with Gasteiger partial charge in [0.15, 0.2) is 5.82 Å². The quantitative estimate of drug-likeness (QED) is 0.869. The highest BCUT2D eigenvalue weighted by Crippen LogP contribution is 2.45. The van der Waals surface area contributed by atoms with Gasteiger partial charge in [-0.1, -0.05) is 6.07 Å². The van der Waals surface area contributed by atoms with Crippen LogP contribution in [0.4, 0.5) is 18.9 Å². The van der Waals surface area contributed by atoms with Crippen molar-refractivity contribution >= 4 is 15.7 Å². The minimum Gasteiger partial charge on any atom is -0.381 e. The van der Waals surface area contributed by atoms with Crippen LogP contribution in [-0.2, 0) is 10.0 Å². The van der Waals surface area contributed by atoms with E-state index in [0.717, 1.165) is 12.5 Å². The van der Waals surface area contributed by atoms with E-state index in [9.17, 15) is 21.6 Å². The van der Waals surface area contributed by atoms with Gasteiger partial charge < -0.3 is 5.32 Å². The number of halogens is 3. The third kappa shape index (κ3) is 3.05. The monoisotopic (exact) mass is 349 g/mol. The Hall–Kier alpha value is -1.32. The number of benzene rings is 1. The summed E-state index contributed by atoms with van der Waals surface area (Å²) in [6.45, 7) is 0.443. The molecule has 1 atom stereocenters. The molecule has 0 aromatic heterocycles. The van der Waals surface area contributed by atoms with E-state index >= 15 is 0 Å². The molecule has 1 aromatic rings. The van der Waals surface area contributed by atoms with Gasteiger partial charge in [-0.3, -0.25) is 4.90 Å². The molecule has 0 amide bonds. The van der Waals surface area contributed by atoms with Crippen LogP contribution >= 0.6 is 0 Å². The van der Waals surface area contributed by atoms with Crippen LogP contribution in [0, 0.1) is 5.82 Å². The molecule has 2 saturated heterocycles. The highest BCUT2D eigenvalue weighted by Gasteiger charge is 2.56. The first-order valence-corrected chi connectivity index (χ1v) is 8.86. The predicted molar refractivity (Wildman–Crippen MR) is 79.4 cm³/mol. The fourth-order valence-corrected chi connectivity index (χ4v) is 4.28. The molecule has 2 heterocycles. The number of anilines is 1. The number of primary sulfonamides is 1. The predicted octanol–water partition coefficient (Wildman–Crippen LogP) is 1.76. The molecular weight excluding hydrogens is 331 g/mol. The van der Waals surface area contributed by atoms with Crippen LogP contribution in [0.3, 0.4) is 0 Å². The number of hydrogen-bond acceptors (Lipinski definition) is 4. The van der Waals surface area contributed by atoms with Gasteiger partial charge in [0.05, 0.1) is 12.2 Å². The molecule has 2 aliphatic rings. The topological polar surface area (TPSA) is 75.4 Å². The highest BCUT2D eigenvalue weighted by atomic mass is 32.2. The standard InChI is InChI=1S/C14H18F3N3O2S/c15-12-10(3-1-4-11(12)23(18,21)22)19-8-13-5-2-6-20(13)9-14(16,17)7-13/h1,3-4,19H,2,5-9H2,(H2,18,21,22). The van der Waals surface area contributed by atoms with Crippen LogP contribution in [0.15, 0.2) is 23.1 Å². The summed E-state index contributed by atoms with van der Waals surface area (Å²) in [7, 11) is -4.18. The Morgan fingerprint density at radius 3 is 2.78 bits per heavy atom. The molecule has 1 unspecified atom stereocenters. The van der Waals surface area contributed by atoms with E-state index in [1.165, 1.54) is 12.1 Å². The maximum absolute atomic E-state index is 14.3. The first-order valence-electron chi connectivity index (χ1n) is 7.31. The van der Waals surface area contributed by atoms with Gasteiger partial charge in [-0.05, 0) is 31.5 Å². The van der Waals surface area contributed by atoms with Gasteiger partial charge in [-0.2, -0.15) is 0 Å². The normalized spacial score (nSPS) is 27.1. The summed E-state index contributed by atoms with van der Waals surface area (Å²) >= 11 is 0. The van der Waals surface area contributed by atoms with Crippen molar-refractivity contribution in [2.45, 2.75) is 35.6 Å². The van der Waals surface area contributed by atoms with Crippen LogP contribution < -0.4 is 10.5 Å². The number of nitrogens with zero attached hydrogens (tertiary/aromatic N) is 1. The molecule has 23 heavy (non-hydrogen) atoms. The van der Waals surface area contributed by atoms with E-state index in [1.54, 1.807) is 4.90 Å². The summed E-state index contributed by atoms with van der Waals surface area (Å²) in [5.41, 5.74) is -0.763. The highest BCUT2D eigenvalue weighted by molar-refractivity contribution is 7.89. The number of hydrogen-bond donors (Lipinski definition) is 2. The second-order valence-corrected chi connectivity index (χ2v) is 7.83. The van der Waals surface area contributed by atoms with Crippen molar-refractivity contribution in [3.63, 3.8) is 0 Å². The molecule has 0 bridgehead atoms. The first kappa shape index (κ1) is 16.5. The summed E-state index contributed by atoms with van der Waals surface area (Å²) in [6, 6.07) is 3.80. The van der Waals surface area contributed by atoms with E-state index < -0.39 is 32.2 Å². The second kappa shape index (κ2) is 5.35. The van der Waals surface area contributed by atoms with E-state index in [4.69, 9.17) is 5.14 Å². The number of fused-ring (bicyclic) bond motifs is 1. The SMILES string of the molecule is NS(=O)(=O)c1cccc(NCC23CCCN2CC(F)(F)C3)c1F. The lowest BCUT2D eigenvalue weighted by Crippen LogP contribution is -2.44. The number of nitrogens with two attached hydrogens (primary N) is 1. The third-order valence-electron chi connectivity index (χ3n) is 4.63. The van der Waals surface area contributed by atoms with E-state index in [2.05, 4.69) is 5.32 Å². The Morgan fingerprint density at radius 1 is 1.35 bits per heavy atom. The first-order chi connectivity index (χ1) is 10.6. The van der Waals surface area contributed by atoms with Gasteiger partial charge in [0.2, 0.25) is 10.0 Å². The van der Waals surface area contributed by atoms with Crippen LogP contribution in [0.5, 0.6) is 0 Å². The molecule has 3 N–H and O–H groups in total.